The van der Waals surface area contributed by atoms with E-state index in [4.69, 9.17) is 4.42 Å². The Morgan fingerprint density at radius 3 is 2.78 bits per heavy atom. The third kappa shape index (κ3) is 3.68. The normalized spacial score (nSPS) is 22.7. The van der Waals surface area contributed by atoms with Crippen LogP contribution in [0.3, 0.4) is 0 Å². The monoisotopic (exact) mass is 326 g/mol. The molecule has 1 aliphatic carbocycles. The Bertz CT molecular complexity index is 693. The Hall–Kier alpha value is -1.56. The predicted molar refractivity (Wildman–Crippen MR) is 82.0 cm³/mol. The fourth-order valence-electron chi connectivity index (χ4n) is 3.40. The van der Waals surface area contributed by atoms with E-state index < -0.39 is 11.7 Å². The molecule has 1 aromatic carbocycles. The minimum Gasteiger partial charge on any atom is -0.440 e. The van der Waals surface area contributed by atoms with Crippen LogP contribution in [-0.4, -0.2) is 11.0 Å². The molecule has 0 spiro atoms. The van der Waals surface area contributed by atoms with E-state index in [9.17, 15) is 13.2 Å². The van der Waals surface area contributed by atoms with Crippen molar-refractivity contribution in [3.05, 3.63) is 29.2 Å². The second kappa shape index (κ2) is 6.15. The van der Waals surface area contributed by atoms with Crippen molar-refractivity contribution in [1.29, 1.82) is 0 Å². The van der Waals surface area contributed by atoms with Crippen LogP contribution in [0.1, 0.15) is 49.6 Å². The van der Waals surface area contributed by atoms with Crippen LogP contribution >= 0.6 is 0 Å². The maximum Gasteiger partial charge on any atom is 0.420 e. The highest BCUT2D eigenvalue weighted by atomic mass is 19.4. The van der Waals surface area contributed by atoms with Gasteiger partial charge in [-0.05, 0) is 36.5 Å². The third-order valence-electron chi connectivity index (χ3n) is 4.49. The number of hydrogen-bond donors (Lipinski definition) is 1. The lowest BCUT2D eigenvalue weighted by atomic mass is 9.87. The summed E-state index contributed by atoms with van der Waals surface area (Å²) in [6.07, 6.45) is 0.132. The quantitative estimate of drug-likeness (QED) is 0.878. The number of alkyl halides is 3. The van der Waals surface area contributed by atoms with Gasteiger partial charge in [0.1, 0.15) is 11.1 Å². The zero-order valence-electron chi connectivity index (χ0n) is 13.3. The Kier molecular flexibility index (Phi) is 4.36. The standard InChI is InChI=1S/C17H21F3N2O/c1-10-4-3-5-13(6-10)21-9-12-7-14(17(18,19)20)16-15(8-12)22-11(2)23-16/h7-8,10,13,21H,3-6,9H2,1-2H3/t10-,13-/m0/s1. The Balaban J connectivity index is 1.83. The van der Waals surface area contributed by atoms with E-state index in [-0.39, 0.29) is 17.0 Å². The minimum atomic E-state index is -4.44. The summed E-state index contributed by atoms with van der Waals surface area (Å²) in [5.74, 6) is 0.921. The van der Waals surface area contributed by atoms with Gasteiger partial charge in [-0.1, -0.05) is 19.8 Å². The molecular formula is C17H21F3N2O. The highest BCUT2D eigenvalue weighted by Gasteiger charge is 2.35. The molecule has 0 unspecified atom stereocenters. The van der Waals surface area contributed by atoms with Crippen LogP contribution < -0.4 is 5.32 Å². The van der Waals surface area contributed by atoms with Crippen molar-refractivity contribution >= 4 is 11.1 Å². The van der Waals surface area contributed by atoms with Gasteiger partial charge in [0, 0.05) is 19.5 Å². The molecule has 0 aliphatic heterocycles. The number of aryl methyl sites for hydroxylation is 1. The van der Waals surface area contributed by atoms with Crippen molar-refractivity contribution in [2.45, 2.75) is 58.3 Å². The molecule has 1 aliphatic rings. The summed E-state index contributed by atoms with van der Waals surface area (Å²) in [6.45, 7) is 4.20. The molecule has 1 saturated carbocycles. The van der Waals surface area contributed by atoms with E-state index in [2.05, 4.69) is 17.2 Å². The van der Waals surface area contributed by atoms with Crippen molar-refractivity contribution in [3.63, 3.8) is 0 Å². The molecule has 0 saturated heterocycles. The van der Waals surface area contributed by atoms with Gasteiger partial charge in [-0.2, -0.15) is 13.2 Å². The number of halogens is 3. The highest BCUT2D eigenvalue weighted by Crippen LogP contribution is 2.36. The summed E-state index contributed by atoms with van der Waals surface area (Å²) in [6, 6.07) is 3.23. The van der Waals surface area contributed by atoms with E-state index in [0.29, 0.717) is 24.1 Å². The van der Waals surface area contributed by atoms with Crippen LogP contribution in [0.2, 0.25) is 0 Å². The fourth-order valence-corrected chi connectivity index (χ4v) is 3.40. The van der Waals surface area contributed by atoms with Gasteiger partial charge in [-0.3, -0.25) is 0 Å². The second-order valence-corrected chi connectivity index (χ2v) is 6.57. The van der Waals surface area contributed by atoms with Gasteiger partial charge in [0.15, 0.2) is 11.5 Å². The van der Waals surface area contributed by atoms with E-state index >= 15 is 0 Å². The van der Waals surface area contributed by atoms with Crippen LogP contribution in [0.4, 0.5) is 13.2 Å². The van der Waals surface area contributed by atoms with Crippen LogP contribution in [0.5, 0.6) is 0 Å². The predicted octanol–water partition coefficient (Wildman–Crippen LogP) is 4.82. The molecule has 1 heterocycles. The first-order valence-electron chi connectivity index (χ1n) is 8.03. The molecule has 2 atom stereocenters. The SMILES string of the molecule is Cc1nc2cc(CN[C@H]3CCC[C@H](C)C3)cc(C(F)(F)F)c2o1. The lowest BCUT2D eigenvalue weighted by Gasteiger charge is -2.27. The molecule has 3 nitrogen and oxygen atoms in total. The number of oxazole rings is 1. The topological polar surface area (TPSA) is 38.1 Å². The number of benzene rings is 1. The molecule has 0 bridgehead atoms. The maximum atomic E-state index is 13.2. The van der Waals surface area contributed by atoms with E-state index in [0.717, 1.165) is 12.8 Å². The van der Waals surface area contributed by atoms with Crippen molar-refractivity contribution in [3.8, 4) is 0 Å². The summed E-state index contributed by atoms with van der Waals surface area (Å²) >= 11 is 0. The maximum absolute atomic E-state index is 13.2. The Morgan fingerprint density at radius 2 is 2.09 bits per heavy atom. The summed E-state index contributed by atoms with van der Waals surface area (Å²) in [5, 5.41) is 3.39. The van der Waals surface area contributed by atoms with E-state index in [1.807, 2.05) is 0 Å². The van der Waals surface area contributed by atoms with Crippen LogP contribution in [0, 0.1) is 12.8 Å². The molecule has 2 aromatic rings. The lowest BCUT2D eigenvalue weighted by Crippen LogP contribution is -2.33. The van der Waals surface area contributed by atoms with Crippen molar-refractivity contribution < 1.29 is 17.6 Å². The highest BCUT2D eigenvalue weighted by molar-refractivity contribution is 5.78. The minimum absolute atomic E-state index is 0.176. The van der Waals surface area contributed by atoms with Gasteiger partial charge < -0.3 is 9.73 Å². The number of aromatic nitrogens is 1. The van der Waals surface area contributed by atoms with Gasteiger partial charge in [-0.15, -0.1) is 0 Å². The van der Waals surface area contributed by atoms with Gasteiger partial charge in [-0.25, -0.2) is 4.98 Å². The lowest BCUT2D eigenvalue weighted by molar-refractivity contribution is -0.136. The van der Waals surface area contributed by atoms with Crippen LogP contribution in [0.25, 0.3) is 11.1 Å². The number of rotatable bonds is 3. The average Bonchev–Trinajstić information content (AvgIpc) is 2.83. The number of fused-ring (bicyclic) bond motifs is 1. The zero-order valence-corrected chi connectivity index (χ0v) is 13.3. The van der Waals surface area contributed by atoms with Gasteiger partial charge in [0.05, 0.1) is 0 Å². The molecule has 0 radical (unpaired) electrons. The third-order valence-corrected chi connectivity index (χ3v) is 4.49. The van der Waals surface area contributed by atoms with Gasteiger partial charge >= 0.3 is 6.18 Å². The Labute approximate surface area is 133 Å². The van der Waals surface area contributed by atoms with Crippen molar-refractivity contribution in [1.82, 2.24) is 10.3 Å². The molecule has 1 fully saturated rings. The van der Waals surface area contributed by atoms with Crippen molar-refractivity contribution in [2.75, 3.05) is 0 Å². The van der Waals surface area contributed by atoms with Gasteiger partial charge in [0.25, 0.3) is 0 Å². The Morgan fingerprint density at radius 1 is 1.30 bits per heavy atom. The molecule has 1 N–H and O–H groups in total. The first-order chi connectivity index (χ1) is 10.8. The molecule has 3 rings (SSSR count). The summed E-state index contributed by atoms with van der Waals surface area (Å²) in [7, 11) is 0. The molecule has 0 amide bonds. The summed E-state index contributed by atoms with van der Waals surface area (Å²) < 4.78 is 44.9. The van der Waals surface area contributed by atoms with Crippen molar-refractivity contribution in [2.24, 2.45) is 5.92 Å². The molecular weight excluding hydrogens is 305 g/mol. The number of hydrogen-bond acceptors (Lipinski definition) is 3. The largest absolute Gasteiger partial charge is 0.440 e. The molecule has 126 valence electrons. The van der Waals surface area contributed by atoms with Crippen LogP contribution in [0.15, 0.2) is 16.5 Å². The first-order valence-corrected chi connectivity index (χ1v) is 8.03. The molecule has 6 heteroatoms. The second-order valence-electron chi connectivity index (χ2n) is 6.57. The van der Waals surface area contributed by atoms with Gasteiger partial charge in [0.2, 0.25) is 0 Å². The average molecular weight is 326 g/mol. The number of nitrogens with zero attached hydrogens (tertiary/aromatic N) is 1. The molecule has 23 heavy (non-hydrogen) atoms. The van der Waals surface area contributed by atoms with E-state index in [1.54, 1.807) is 13.0 Å². The summed E-state index contributed by atoms with van der Waals surface area (Å²) in [4.78, 5) is 4.06. The fraction of sp³-hybridized carbons (Fsp3) is 0.588. The first kappa shape index (κ1) is 16.3. The smallest absolute Gasteiger partial charge is 0.420 e. The summed E-state index contributed by atoms with van der Waals surface area (Å²) in [5.41, 5.74) is -0.0584. The van der Waals surface area contributed by atoms with E-state index in [1.165, 1.54) is 18.9 Å². The van der Waals surface area contributed by atoms with Crippen LogP contribution in [-0.2, 0) is 12.7 Å². The molecule has 1 aromatic heterocycles. The number of nitrogens with one attached hydrogen (secondary N) is 1. The zero-order chi connectivity index (χ0) is 16.6.